The maximum Gasteiger partial charge on any atom is 0.228 e. The van der Waals surface area contributed by atoms with Crippen molar-refractivity contribution in [3.63, 3.8) is 0 Å². The minimum absolute atomic E-state index is 0.0544. The number of amides is 1. The molecule has 17 heavy (non-hydrogen) atoms. The molecule has 0 spiro atoms. The van der Waals surface area contributed by atoms with Crippen molar-refractivity contribution in [1.82, 2.24) is 0 Å². The molecule has 1 aromatic rings. The van der Waals surface area contributed by atoms with E-state index in [1.165, 1.54) is 6.92 Å². The molecule has 1 N–H and O–H groups in total. The van der Waals surface area contributed by atoms with Gasteiger partial charge in [-0.3, -0.25) is 4.79 Å². The minimum Gasteiger partial charge on any atom is -0.325 e. The molecule has 92 valence electrons. The second-order valence-electron chi connectivity index (χ2n) is 3.93. The number of nitrogens with one attached hydrogen (secondary N) is 1. The fourth-order valence-corrected chi connectivity index (χ4v) is 3.59. The van der Waals surface area contributed by atoms with Crippen molar-refractivity contribution >= 4 is 33.0 Å². The predicted molar refractivity (Wildman–Crippen MR) is 61.3 cm³/mol. The van der Waals surface area contributed by atoms with Gasteiger partial charge in [0.15, 0.2) is 9.84 Å². The summed E-state index contributed by atoms with van der Waals surface area (Å²) in [5, 5.41) is 2.10. The van der Waals surface area contributed by atoms with Gasteiger partial charge in [0.05, 0.1) is 21.4 Å². The van der Waals surface area contributed by atoms with Gasteiger partial charge in [-0.05, 0) is 6.07 Å². The van der Waals surface area contributed by atoms with E-state index < -0.39 is 27.5 Å². The third-order valence-electron chi connectivity index (χ3n) is 2.53. The van der Waals surface area contributed by atoms with E-state index in [1.807, 2.05) is 0 Å². The number of hydrogen-bond acceptors (Lipinski definition) is 3. The fraction of sp³-hybridized carbons (Fsp3) is 0.300. The summed E-state index contributed by atoms with van der Waals surface area (Å²) in [4.78, 5) is 11.4. The molecule has 7 heteroatoms. The standard InChI is InChI=1S/C10H9ClFNO3S/c1-5-4-17(15,16)9-2-6(11)7(12)3-8(9)13-10(5)14/h2-3,5H,4H2,1H3,(H,13,14). The first-order valence-electron chi connectivity index (χ1n) is 4.84. The molecule has 0 aromatic heterocycles. The van der Waals surface area contributed by atoms with Crippen molar-refractivity contribution in [2.45, 2.75) is 11.8 Å². The van der Waals surface area contributed by atoms with Crippen LogP contribution in [0.4, 0.5) is 10.1 Å². The molecular weight excluding hydrogens is 269 g/mol. The number of anilines is 1. The van der Waals surface area contributed by atoms with E-state index in [0.717, 1.165) is 12.1 Å². The molecule has 4 nitrogen and oxygen atoms in total. The van der Waals surface area contributed by atoms with Crippen LogP contribution in [0.1, 0.15) is 6.92 Å². The largest absolute Gasteiger partial charge is 0.325 e. The first kappa shape index (κ1) is 12.3. The molecule has 0 bridgehead atoms. The van der Waals surface area contributed by atoms with Gasteiger partial charge in [0.25, 0.3) is 0 Å². The number of carbonyl (C=O) groups is 1. The molecule has 1 aromatic carbocycles. The van der Waals surface area contributed by atoms with Crippen LogP contribution in [0.3, 0.4) is 0 Å². The Labute approximate surface area is 103 Å². The van der Waals surface area contributed by atoms with Gasteiger partial charge in [0, 0.05) is 12.0 Å². The number of fused-ring (bicyclic) bond motifs is 1. The third-order valence-corrected chi connectivity index (χ3v) is 4.77. The van der Waals surface area contributed by atoms with Crippen LogP contribution < -0.4 is 5.32 Å². The quantitative estimate of drug-likeness (QED) is 0.736. The second kappa shape index (κ2) is 3.96. The SMILES string of the molecule is CC1CS(=O)(=O)c2cc(Cl)c(F)cc2NC1=O. The number of rotatable bonds is 0. The fourth-order valence-electron chi connectivity index (χ4n) is 1.63. The van der Waals surface area contributed by atoms with Crippen LogP contribution in [0.25, 0.3) is 0 Å². The molecule has 1 aliphatic rings. The summed E-state index contributed by atoms with van der Waals surface area (Å²) < 4.78 is 37.1. The van der Waals surface area contributed by atoms with Gasteiger partial charge in [-0.1, -0.05) is 18.5 Å². The minimum atomic E-state index is -3.63. The van der Waals surface area contributed by atoms with Gasteiger partial charge in [0.1, 0.15) is 5.82 Å². The summed E-state index contributed by atoms with van der Waals surface area (Å²) in [5.74, 6) is -2.22. The molecule has 1 heterocycles. The van der Waals surface area contributed by atoms with E-state index in [0.29, 0.717) is 0 Å². The zero-order chi connectivity index (χ0) is 12.8. The van der Waals surface area contributed by atoms with E-state index in [9.17, 15) is 17.6 Å². The average molecular weight is 278 g/mol. The lowest BCUT2D eigenvalue weighted by Crippen LogP contribution is -2.22. The van der Waals surface area contributed by atoms with Crippen molar-refractivity contribution in [2.75, 3.05) is 11.1 Å². The summed E-state index contributed by atoms with van der Waals surface area (Å²) in [6.45, 7) is 1.50. The first-order valence-corrected chi connectivity index (χ1v) is 6.87. The maximum atomic E-state index is 13.2. The van der Waals surface area contributed by atoms with Gasteiger partial charge < -0.3 is 5.32 Å². The predicted octanol–water partition coefficient (Wildman–Crippen LogP) is 1.84. The van der Waals surface area contributed by atoms with Gasteiger partial charge in [0.2, 0.25) is 5.91 Å². The van der Waals surface area contributed by atoms with Crippen molar-refractivity contribution in [2.24, 2.45) is 5.92 Å². The monoisotopic (exact) mass is 277 g/mol. The molecule has 0 fully saturated rings. The number of hydrogen-bond donors (Lipinski definition) is 1. The normalized spacial score (nSPS) is 22.5. The molecule has 1 unspecified atom stereocenters. The lowest BCUT2D eigenvalue weighted by atomic mass is 10.2. The van der Waals surface area contributed by atoms with Crippen molar-refractivity contribution in [1.29, 1.82) is 0 Å². The molecule has 1 aliphatic heterocycles. The average Bonchev–Trinajstić information content (AvgIpc) is 2.28. The van der Waals surface area contributed by atoms with E-state index in [-0.39, 0.29) is 21.4 Å². The Bertz CT molecular complexity index is 600. The first-order chi connectivity index (χ1) is 7.81. The van der Waals surface area contributed by atoms with Crippen LogP contribution in [-0.4, -0.2) is 20.1 Å². The summed E-state index contributed by atoms with van der Waals surface area (Å²) in [6.07, 6.45) is 0. The van der Waals surface area contributed by atoms with Gasteiger partial charge in [-0.25, -0.2) is 12.8 Å². The molecule has 0 saturated carbocycles. The molecule has 0 radical (unpaired) electrons. The van der Waals surface area contributed by atoms with Gasteiger partial charge in [-0.15, -0.1) is 0 Å². The van der Waals surface area contributed by atoms with Crippen LogP contribution in [0, 0.1) is 11.7 Å². The highest BCUT2D eigenvalue weighted by molar-refractivity contribution is 7.91. The van der Waals surface area contributed by atoms with Gasteiger partial charge in [-0.2, -0.15) is 0 Å². The Morgan fingerprint density at radius 1 is 1.47 bits per heavy atom. The van der Waals surface area contributed by atoms with E-state index in [2.05, 4.69) is 5.32 Å². The highest BCUT2D eigenvalue weighted by Gasteiger charge is 2.31. The molecule has 0 saturated heterocycles. The van der Waals surface area contributed by atoms with Crippen LogP contribution >= 0.6 is 11.6 Å². The Kier molecular flexibility index (Phi) is 2.87. The number of sulfone groups is 1. The van der Waals surface area contributed by atoms with E-state index >= 15 is 0 Å². The van der Waals surface area contributed by atoms with Crippen LogP contribution in [0.15, 0.2) is 17.0 Å². The zero-order valence-corrected chi connectivity index (χ0v) is 10.4. The highest BCUT2D eigenvalue weighted by atomic mass is 35.5. The summed E-state index contributed by atoms with van der Waals surface area (Å²) >= 11 is 5.55. The van der Waals surface area contributed by atoms with Crippen LogP contribution in [0.5, 0.6) is 0 Å². The van der Waals surface area contributed by atoms with Crippen LogP contribution in [0.2, 0.25) is 5.02 Å². The summed E-state index contributed by atoms with van der Waals surface area (Å²) in [6, 6.07) is 1.95. The smallest absolute Gasteiger partial charge is 0.228 e. The van der Waals surface area contributed by atoms with Crippen molar-refractivity contribution in [3.8, 4) is 0 Å². The van der Waals surface area contributed by atoms with Crippen LogP contribution in [-0.2, 0) is 14.6 Å². The van der Waals surface area contributed by atoms with Gasteiger partial charge >= 0.3 is 0 Å². The Hall–Kier alpha value is -1.14. The Morgan fingerprint density at radius 2 is 2.12 bits per heavy atom. The molecule has 2 rings (SSSR count). The van der Waals surface area contributed by atoms with Crippen molar-refractivity contribution in [3.05, 3.63) is 23.0 Å². The summed E-state index contributed by atoms with van der Waals surface area (Å²) in [5.41, 5.74) is -0.0544. The Morgan fingerprint density at radius 3 is 2.76 bits per heavy atom. The van der Waals surface area contributed by atoms with E-state index in [4.69, 9.17) is 11.6 Å². The van der Waals surface area contributed by atoms with E-state index in [1.54, 1.807) is 0 Å². The third kappa shape index (κ3) is 2.14. The zero-order valence-electron chi connectivity index (χ0n) is 8.83. The molecule has 0 aliphatic carbocycles. The maximum absolute atomic E-state index is 13.2. The molecular formula is C10H9ClFNO3S. The highest BCUT2D eigenvalue weighted by Crippen LogP contribution is 2.32. The Balaban J connectivity index is 2.70. The van der Waals surface area contributed by atoms with Crippen molar-refractivity contribution < 1.29 is 17.6 Å². The lowest BCUT2D eigenvalue weighted by molar-refractivity contribution is -0.118. The number of benzene rings is 1. The lowest BCUT2D eigenvalue weighted by Gasteiger charge is -2.07. The molecule has 1 atom stereocenters. The summed E-state index contributed by atoms with van der Waals surface area (Å²) in [7, 11) is -3.63. The topological polar surface area (TPSA) is 63.2 Å². The second-order valence-corrected chi connectivity index (χ2v) is 6.34. The number of carbonyl (C=O) groups excluding carboxylic acids is 1. The molecule has 1 amide bonds. The number of halogens is 2.